The summed E-state index contributed by atoms with van der Waals surface area (Å²) in [6, 6.07) is 27.4. The summed E-state index contributed by atoms with van der Waals surface area (Å²) >= 11 is 0. The second kappa shape index (κ2) is 17.3. The molecule has 0 saturated carbocycles. The van der Waals surface area contributed by atoms with Crippen molar-refractivity contribution in [2.75, 3.05) is 55.7 Å². The van der Waals surface area contributed by atoms with Crippen molar-refractivity contribution in [1.29, 1.82) is 0 Å². The van der Waals surface area contributed by atoms with Crippen LogP contribution < -0.4 is 28.4 Å². The molecule has 1 aliphatic rings. The molecule has 3 heterocycles. The number of piperidine rings is 1. The summed E-state index contributed by atoms with van der Waals surface area (Å²) in [4.78, 5) is 14.7. The van der Waals surface area contributed by atoms with E-state index in [1.807, 2.05) is 36.7 Å². The summed E-state index contributed by atoms with van der Waals surface area (Å²) in [6.07, 6.45) is 6.02. The van der Waals surface area contributed by atoms with Gasteiger partial charge in [-0.1, -0.05) is 36.4 Å². The molecule has 0 amide bonds. The van der Waals surface area contributed by atoms with E-state index in [1.54, 1.807) is 42.7 Å². The minimum atomic E-state index is 0.443. The fraction of sp³-hybridized carbons (Fsp3) is 0.333. The van der Waals surface area contributed by atoms with Gasteiger partial charge in [0.2, 0.25) is 11.5 Å². The van der Waals surface area contributed by atoms with Gasteiger partial charge in [0.15, 0.2) is 23.0 Å². The molecule has 5 aromatic rings. The van der Waals surface area contributed by atoms with E-state index in [9.17, 15) is 0 Å². The van der Waals surface area contributed by atoms with E-state index in [-0.39, 0.29) is 0 Å². The largest absolute Gasteiger partial charge is 0.493 e. The maximum Gasteiger partial charge on any atom is 0.203 e. The van der Waals surface area contributed by atoms with Crippen LogP contribution in [-0.2, 0) is 19.6 Å². The Morgan fingerprint density at radius 2 is 1.13 bits per heavy atom. The maximum absolute atomic E-state index is 5.58. The Morgan fingerprint density at radius 1 is 0.577 bits per heavy atom. The third-order valence-corrected chi connectivity index (χ3v) is 9.66. The van der Waals surface area contributed by atoms with E-state index in [0.29, 0.717) is 40.5 Å². The number of pyridine rings is 2. The van der Waals surface area contributed by atoms with E-state index in [1.165, 1.54) is 16.7 Å². The molecule has 0 spiro atoms. The Labute approximate surface area is 306 Å². The number of aromatic nitrogens is 2. The van der Waals surface area contributed by atoms with Crippen molar-refractivity contribution in [2.45, 2.75) is 38.5 Å². The molecule has 0 radical (unpaired) electrons. The minimum Gasteiger partial charge on any atom is -0.493 e. The quantitative estimate of drug-likeness (QED) is 0.109. The Hall–Kier alpha value is -5.32. The second-order valence-electron chi connectivity index (χ2n) is 12.8. The SMILES string of the molecule is COc1cc(-c2ccc(CN(Cc3ccccc3)C3CCN(Cc4ccnc(-c5cc(OC)c(OC)c(OC)c5)c4)CC3)cn2)cc(OC)c1OC. The van der Waals surface area contributed by atoms with Crippen LogP contribution >= 0.6 is 0 Å². The standard InChI is InChI=1S/C42H48N4O6/c1-47-37-21-32(22-38(48-2)41(37)51-5)35-13-12-31(25-44-35)28-46(27-29-10-8-7-9-11-29)34-15-18-45(19-16-34)26-30-14-17-43-36(20-30)33-23-39(49-3)42(52-6)40(24-33)50-4/h7-14,17,20-25,34H,15-16,18-19,26-28H2,1-6H3. The fourth-order valence-electron chi connectivity index (χ4n) is 6.94. The molecule has 10 heteroatoms. The van der Waals surface area contributed by atoms with Crippen LogP contribution in [0.1, 0.15) is 29.5 Å². The summed E-state index contributed by atoms with van der Waals surface area (Å²) in [5.74, 6) is 3.55. The first kappa shape index (κ1) is 36.5. The molecule has 0 bridgehead atoms. The zero-order chi connectivity index (χ0) is 36.5. The predicted molar refractivity (Wildman–Crippen MR) is 203 cm³/mol. The van der Waals surface area contributed by atoms with Crippen molar-refractivity contribution in [3.05, 3.63) is 108 Å². The van der Waals surface area contributed by atoms with Gasteiger partial charge in [-0.05, 0) is 85.1 Å². The van der Waals surface area contributed by atoms with E-state index in [4.69, 9.17) is 33.4 Å². The Morgan fingerprint density at radius 3 is 1.65 bits per heavy atom. The van der Waals surface area contributed by atoms with Gasteiger partial charge in [-0.3, -0.25) is 19.8 Å². The summed E-state index contributed by atoms with van der Waals surface area (Å²) in [7, 11) is 9.71. The molecule has 1 saturated heterocycles. The molecule has 10 nitrogen and oxygen atoms in total. The maximum atomic E-state index is 5.58. The molecule has 6 rings (SSSR count). The van der Waals surface area contributed by atoms with Gasteiger partial charge in [-0.2, -0.15) is 0 Å². The third kappa shape index (κ3) is 8.41. The third-order valence-electron chi connectivity index (χ3n) is 9.66. The Bertz CT molecular complexity index is 1860. The zero-order valence-corrected chi connectivity index (χ0v) is 30.9. The van der Waals surface area contributed by atoms with Crippen LogP contribution in [0.2, 0.25) is 0 Å². The average molecular weight is 705 g/mol. The molecule has 2 aromatic heterocycles. The van der Waals surface area contributed by atoms with Crippen LogP contribution in [0.3, 0.4) is 0 Å². The number of methoxy groups -OCH3 is 6. The van der Waals surface area contributed by atoms with E-state index in [2.05, 4.69) is 69.4 Å². The monoisotopic (exact) mass is 704 g/mol. The summed E-state index contributed by atoms with van der Waals surface area (Å²) in [5.41, 5.74) is 7.23. The fourth-order valence-corrected chi connectivity index (χ4v) is 6.94. The number of likely N-dealkylation sites (tertiary alicyclic amines) is 1. The lowest BCUT2D eigenvalue weighted by Gasteiger charge is -2.39. The van der Waals surface area contributed by atoms with Gasteiger partial charge in [0.05, 0.1) is 54.0 Å². The van der Waals surface area contributed by atoms with Crippen LogP contribution in [0.25, 0.3) is 22.5 Å². The lowest BCUT2D eigenvalue weighted by atomic mass is 10.00. The molecule has 1 fully saturated rings. The van der Waals surface area contributed by atoms with E-state index < -0.39 is 0 Å². The number of benzene rings is 3. The van der Waals surface area contributed by atoms with Gasteiger partial charge in [0, 0.05) is 49.2 Å². The average Bonchev–Trinajstić information content (AvgIpc) is 3.20. The molecule has 52 heavy (non-hydrogen) atoms. The summed E-state index contributed by atoms with van der Waals surface area (Å²) in [6.45, 7) is 4.57. The summed E-state index contributed by atoms with van der Waals surface area (Å²) in [5, 5.41) is 0. The molecule has 0 unspecified atom stereocenters. The van der Waals surface area contributed by atoms with E-state index >= 15 is 0 Å². The van der Waals surface area contributed by atoms with Crippen molar-refractivity contribution in [3.8, 4) is 57.0 Å². The van der Waals surface area contributed by atoms with Crippen molar-refractivity contribution in [2.24, 2.45) is 0 Å². The van der Waals surface area contributed by atoms with Gasteiger partial charge in [-0.15, -0.1) is 0 Å². The van der Waals surface area contributed by atoms with Crippen molar-refractivity contribution in [3.63, 3.8) is 0 Å². The lowest BCUT2D eigenvalue weighted by molar-refractivity contribution is 0.0932. The van der Waals surface area contributed by atoms with Crippen LogP contribution in [-0.4, -0.2) is 81.6 Å². The highest BCUT2D eigenvalue weighted by Crippen LogP contribution is 2.42. The molecule has 0 aliphatic carbocycles. The van der Waals surface area contributed by atoms with Crippen LogP contribution in [0, 0.1) is 0 Å². The molecule has 0 atom stereocenters. The van der Waals surface area contributed by atoms with Crippen LogP contribution in [0.5, 0.6) is 34.5 Å². The van der Waals surface area contributed by atoms with Crippen molar-refractivity contribution >= 4 is 0 Å². The lowest BCUT2D eigenvalue weighted by Crippen LogP contribution is -2.44. The van der Waals surface area contributed by atoms with Crippen molar-refractivity contribution in [1.82, 2.24) is 19.8 Å². The number of hydrogen-bond donors (Lipinski definition) is 0. The second-order valence-corrected chi connectivity index (χ2v) is 12.8. The molecular weight excluding hydrogens is 656 g/mol. The molecule has 272 valence electrons. The minimum absolute atomic E-state index is 0.443. The normalized spacial score (nSPS) is 13.5. The van der Waals surface area contributed by atoms with Gasteiger partial charge >= 0.3 is 0 Å². The highest BCUT2D eigenvalue weighted by molar-refractivity contribution is 5.70. The smallest absolute Gasteiger partial charge is 0.203 e. The molecular formula is C42H48N4O6. The van der Waals surface area contributed by atoms with E-state index in [0.717, 1.165) is 68.1 Å². The first-order chi connectivity index (χ1) is 25.5. The molecule has 1 aliphatic heterocycles. The number of ether oxygens (including phenoxy) is 6. The number of rotatable bonds is 15. The van der Waals surface area contributed by atoms with Gasteiger partial charge in [-0.25, -0.2) is 0 Å². The van der Waals surface area contributed by atoms with Crippen LogP contribution in [0.15, 0.2) is 91.3 Å². The Balaban J connectivity index is 1.14. The number of nitrogens with zero attached hydrogens (tertiary/aromatic N) is 4. The first-order valence-electron chi connectivity index (χ1n) is 17.5. The highest BCUT2D eigenvalue weighted by Gasteiger charge is 2.26. The van der Waals surface area contributed by atoms with Gasteiger partial charge in [0.1, 0.15) is 0 Å². The zero-order valence-electron chi connectivity index (χ0n) is 30.9. The highest BCUT2D eigenvalue weighted by atomic mass is 16.5. The Kier molecular flexibility index (Phi) is 12.1. The number of hydrogen-bond acceptors (Lipinski definition) is 10. The first-order valence-corrected chi connectivity index (χ1v) is 17.5. The predicted octanol–water partition coefficient (Wildman–Crippen LogP) is 7.53. The topological polar surface area (TPSA) is 87.6 Å². The van der Waals surface area contributed by atoms with Crippen molar-refractivity contribution < 1.29 is 28.4 Å². The van der Waals surface area contributed by atoms with Gasteiger partial charge in [0.25, 0.3) is 0 Å². The molecule has 0 N–H and O–H groups in total. The molecule has 3 aromatic carbocycles. The van der Waals surface area contributed by atoms with Gasteiger partial charge < -0.3 is 28.4 Å². The van der Waals surface area contributed by atoms with Crippen LogP contribution in [0.4, 0.5) is 0 Å². The summed E-state index contributed by atoms with van der Waals surface area (Å²) < 4.78 is 33.3.